The number of rotatable bonds is 5. The first kappa shape index (κ1) is 23.1. The minimum absolute atomic E-state index is 0. The Balaban J connectivity index is 0.00000272. The van der Waals surface area contributed by atoms with E-state index >= 15 is 0 Å². The average molecular weight is 463 g/mol. The van der Waals surface area contributed by atoms with Crippen LogP contribution in [0.2, 0.25) is 0 Å². The van der Waals surface area contributed by atoms with Gasteiger partial charge in [0.25, 0.3) is 10.0 Å². The molecule has 0 unspecified atom stereocenters. The Kier molecular flexibility index (Phi) is 6.93. The average Bonchev–Trinajstić information content (AvgIpc) is 3.14. The highest BCUT2D eigenvalue weighted by Crippen LogP contribution is 2.25. The normalized spacial score (nSPS) is 19.0. The van der Waals surface area contributed by atoms with E-state index in [1.54, 1.807) is 42.6 Å². The lowest BCUT2D eigenvalue weighted by Gasteiger charge is -2.37. The van der Waals surface area contributed by atoms with Crippen molar-refractivity contribution in [2.24, 2.45) is 0 Å². The molecule has 1 aliphatic heterocycles. The third-order valence-corrected chi connectivity index (χ3v) is 6.47. The summed E-state index contributed by atoms with van der Waals surface area (Å²) in [6.45, 7) is 7.77. The van der Waals surface area contributed by atoms with E-state index in [2.05, 4.69) is 33.8 Å². The second-order valence-electron chi connectivity index (χ2n) is 7.82. The van der Waals surface area contributed by atoms with Gasteiger partial charge in [-0.3, -0.25) is 4.72 Å². The lowest BCUT2D eigenvalue weighted by atomic mass is 10.1. The third kappa shape index (κ3) is 5.39. The molecule has 0 aliphatic carbocycles. The van der Waals surface area contributed by atoms with Gasteiger partial charge in [-0.15, -0.1) is 12.4 Å². The Bertz CT molecular complexity index is 1120. The van der Waals surface area contributed by atoms with Gasteiger partial charge in [0.1, 0.15) is 17.3 Å². The zero-order chi connectivity index (χ0) is 21.3. The van der Waals surface area contributed by atoms with Crippen LogP contribution in [0.4, 0.5) is 11.5 Å². The molecule has 0 bridgehead atoms. The van der Waals surface area contributed by atoms with Crippen LogP contribution in [0.15, 0.2) is 64.0 Å². The smallest absolute Gasteiger partial charge is 0.261 e. The summed E-state index contributed by atoms with van der Waals surface area (Å²) in [6.07, 6.45) is 1.63. The zero-order valence-corrected chi connectivity index (χ0v) is 19.3. The maximum atomic E-state index is 12.9. The molecule has 0 amide bonds. The number of pyridine rings is 1. The second kappa shape index (κ2) is 9.30. The van der Waals surface area contributed by atoms with Gasteiger partial charge in [0.15, 0.2) is 0 Å². The number of piperazine rings is 1. The molecule has 2 N–H and O–H groups in total. The largest absolute Gasteiger partial charge is 0.461 e. The molecule has 31 heavy (non-hydrogen) atoms. The van der Waals surface area contributed by atoms with Gasteiger partial charge >= 0.3 is 0 Å². The topological polar surface area (TPSA) is 87.5 Å². The summed E-state index contributed by atoms with van der Waals surface area (Å²) in [6, 6.07) is 14.5. The summed E-state index contributed by atoms with van der Waals surface area (Å²) in [7, 11) is -3.72. The van der Waals surface area contributed by atoms with E-state index in [4.69, 9.17) is 4.42 Å². The van der Waals surface area contributed by atoms with Crippen molar-refractivity contribution in [3.63, 3.8) is 0 Å². The van der Waals surface area contributed by atoms with E-state index in [1.807, 2.05) is 19.1 Å². The molecule has 1 saturated heterocycles. The number of sulfonamides is 1. The van der Waals surface area contributed by atoms with Crippen LogP contribution in [-0.4, -0.2) is 38.6 Å². The highest BCUT2D eigenvalue weighted by Gasteiger charge is 2.22. The summed E-state index contributed by atoms with van der Waals surface area (Å²) < 4.78 is 34.0. The molecule has 2 aromatic heterocycles. The Labute approximate surface area is 189 Å². The number of hydrogen-bond acceptors (Lipinski definition) is 6. The van der Waals surface area contributed by atoms with Crippen LogP contribution in [0.1, 0.15) is 19.6 Å². The van der Waals surface area contributed by atoms with Gasteiger partial charge in [-0.1, -0.05) is 0 Å². The Hall–Kier alpha value is -2.55. The number of nitrogens with one attached hydrogen (secondary N) is 2. The molecule has 3 aromatic rings. The van der Waals surface area contributed by atoms with Crippen molar-refractivity contribution < 1.29 is 12.8 Å². The molecule has 1 aliphatic rings. The van der Waals surface area contributed by atoms with E-state index in [0.717, 1.165) is 30.2 Å². The molecule has 7 nitrogen and oxygen atoms in total. The van der Waals surface area contributed by atoms with Crippen LogP contribution in [-0.2, 0) is 10.0 Å². The predicted molar refractivity (Wildman–Crippen MR) is 125 cm³/mol. The number of aromatic nitrogens is 1. The molecular weight excluding hydrogens is 436 g/mol. The van der Waals surface area contributed by atoms with E-state index in [9.17, 15) is 8.42 Å². The molecule has 3 heterocycles. The molecule has 0 radical (unpaired) electrons. The molecule has 166 valence electrons. The first-order valence-corrected chi connectivity index (χ1v) is 11.5. The van der Waals surface area contributed by atoms with E-state index in [1.165, 1.54) is 0 Å². The fraction of sp³-hybridized carbons (Fsp3) is 0.318. The van der Waals surface area contributed by atoms with E-state index in [-0.39, 0.29) is 17.3 Å². The van der Waals surface area contributed by atoms with Gasteiger partial charge in [0, 0.05) is 43.0 Å². The third-order valence-electron chi connectivity index (χ3n) is 5.07. The summed E-state index contributed by atoms with van der Waals surface area (Å²) >= 11 is 0. The molecule has 0 spiro atoms. The fourth-order valence-electron chi connectivity index (χ4n) is 3.77. The van der Waals surface area contributed by atoms with Crippen LogP contribution in [0.5, 0.6) is 0 Å². The molecule has 9 heteroatoms. The van der Waals surface area contributed by atoms with Crippen molar-refractivity contribution in [1.82, 2.24) is 10.3 Å². The van der Waals surface area contributed by atoms with Crippen molar-refractivity contribution in [3.05, 3.63) is 60.5 Å². The number of hydrogen-bond donors (Lipinski definition) is 2. The zero-order valence-electron chi connectivity index (χ0n) is 17.7. The monoisotopic (exact) mass is 462 g/mol. The van der Waals surface area contributed by atoms with Gasteiger partial charge in [-0.05, 0) is 63.2 Å². The van der Waals surface area contributed by atoms with Crippen molar-refractivity contribution >= 4 is 33.9 Å². The van der Waals surface area contributed by atoms with Crippen LogP contribution in [0.3, 0.4) is 0 Å². The maximum Gasteiger partial charge on any atom is 0.261 e. The Morgan fingerprint density at radius 2 is 1.74 bits per heavy atom. The highest BCUT2D eigenvalue weighted by molar-refractivity contribution is 7.92. The number of furan rings is 1. The Morgan fingerprint density at radius 3 is 2.35 bits per heavy atom. The lowest BCUT2D eigenvalue weighted by molar-refractivity contribution is 0.405. The maximum absolute atomic E-state index is 12.9. The van der Waals surface area contributed by atoms with Crippen LogP contribution in [0, 0.1) is 6.92 Å². The van der Waals surface area contributed by atoms with E-state index < -0.39 is 10.0 Å². The van der Waals surface area contributed by atoms with Crippen LogP contribution < -0.4 is 14.9 Å². The molecule has 2 atom stereocenters. The van der Waals surface area contributed by atoms with Crippen LogP contribution in [0.25, 0.3) is 11.3 Å². The lowest BCUT2D eigenvalue weighted by Crippen LogP contribution is -2.54. The molecular formula is C22H27ClN4O3S. The quantitative estimate of drug-likeness (QED) is 0.594. The van der Waals surface area contributed by atoms with Crippen molar-refractivity contribution in [3.8, 4) is 11.3 Å². The van der Waals surface area contributed by atoms with Gasteiger partial charge in [-0.2, -0.15) is 0 Å². The molecule has 1 aromatic carbocycles. The summed E-state index contributed by atoms with van der Waals surface area (Å²) in [5.74, 6) is 2.28. The van der Waals surface area contributed by atoms with Crippen LogP contribution >= 0.6 is 12.4 Å². The van der Waals surface area contributed by atoms with Crippen molar-refractivity contribution in [1.29, 1.82) is 0 Å². The van der Waals surface area contributed by atoms with E-state index in [0.29, 0.717) is 23.5 Å². The van der Waals surface area contributed by atoms with Crippen molar-refractivity contribution in [2.75, 3.05) is 22.7 Å². The fourth-order valence-corrected chi connectivity index (χ4v) is 4.82. The second-order valence-corrected chi connectivity index (χ2v) is 9.50. The SMILES string of the molecule is Cc1ccc(-c2ccc(S(=O)(=O)Nc3ccnc(N4C[C@@H](C)N[C@@H](C)C4)c3)cc2)o1.Cl. The number of halogens is 1. The predicted octanol–water partition coefficient (Wildman–Crippen LogP) is 4.06. The van der Waals surface area contributed by atoms with Gasteiger partial charge in [0.2, 0.25) is 0 Å². The van der Waals surface area contributed by atoms with Crippen molar-refractivity contribution in [2.45, 2.75) is 37.8 Å². The summed E-state index contributed by atoms with van der Waals surface area (Å²) in [5.41, 5.74) is 1.32. The first-order chi connectivity index (χ1) is 14.3. The van der Waals surface area contributed by atoms with Gasteiger partial charge in [0.05, 0.1) is 10.6 Å². The van der Waals surface area contributed by atoms with Gasteiger partial charge < -0.3 is 14.6 Å². The number of nitrogens with zero attached hydrogens (tertiary/aromatic N) is 2. The summed E-state index contributed by atoms with van der Waals surface area (Å²) in [4.78, 5) is 6.80. The molecule has 4 rings (SSSR count). The number of aryl methyl sites for hydroxylation is 1. The molecule has 1 fully saturated rings. The number of benzene rings is 1. The minimum atomic E-state index is -3.72. The number of anilines is 2. The summed E-state index contributed by atoms with van der Waals surface area (Å²) in [5, 5.41) is 3.48. The van der Waals surface area contributed by atoms with Gasteiger partial charge in [-0.25, -0.2) is 13.4 Å². The first-order valence-electron chi connectivity index (χ1n) is 9.97. The minimum Gasteiger partial charge on any atom is -0.461 e. The standard InChI is InChI=1S/C22H26N4O3S.ClH/c1-15-13-26(14-16(2)24-15)22-12-19(10-11-23-22)25-30(27,28)20-7-5-18(6-8-20)21-9-4-17(3)29-21;/h4-12,15-16,24H,13-14H2,1-3H3,(H,23,25);1H/t15-,16+;. The Morgan fingerprint density at radius 1 is 1.06 bits per heavy atom. The molecule has 0 saturated carbocycles. The highest BCUT2D eigenvalue weighted by atomic mass is 35.5.